The molecule has 15 heavy (non-hydrogen) atoms. The Bertz CT molecular complexity index is 480. The molecular formula is C12H15ClN2. The van der Waals surface area contributed by atoms with E-state index >= 15 is 0 Å². The Labute approximate surface area is 94.4 Å². The van der Waals surface area contributed by atoms with Crippen LogP contribution in [0.4, 0.5) is 0 Å². The number of halogens is 1. The monoisotopic (exact) mass is 222 g/mol. The van der Waals surface area contributed by atoms with Gasteiger partial charge in [-0.25, -0.2) is 0 Å². The van der Waals surface area contributed by atoms with E-state index in [0.29, 0.717) is 0 Å². The molecular weight excluding hydrogens is 208 g/mol. The molecule has 1 aromatic heterocycles. The maximum Gasteiger partial charge on any atom is 0.0659 e. The first-order valence-corrected chi connectivity index (χ1v) is 5.38. The first-order chi connectivity index (χ1) is 6.96. The van der Waals surface area contributed by atoms with Crippen LogP contribution in [0.1, 0.15) is 19.4 Å². The Kier molecular flexibility index (Phi) is 2.49. The lowest BCUT2D eigenvalue weighted by molar-refractivity contribution is 0.517. The highest BCUT2D eigenvalue weighted by atomic mass is 35.5. The molecule has 0 radical (unpaired) electrons. The summed E-state index contributed by atoms with van der Waals surface area (Å²) in [6.45, 7) is 4.05. The van der Waals surface area contributed by atoms with Crippen LogP contribution in [0.3, 0.4) is 0 Å². The predicted molar refractivity (Wildman–Crippen MR) is 65.3 cm³/mol. The maximum absolute atomic E-state index is 6.05. The first kappa shape index (κ1) is 10.5. The molecule has 2 rings (SSSR count). The minimum atomic E-state index is -0.184. The van der Waals surface area contributed by atoms with Crippen LogP contribution in [-0.2, 0) is 6.42 Å². The summed E-state index contributed by atoms with van der Waals surface area (Å²) in [5.41, 5.74) is 8.09. The van der Waals surface area contributed by atoms with Gasteiger partial charge in [-0.3, -0.25) is 0 Å². The van der Waals surface area contributed by atoms with E-state index in [9.17, 15) is 0 Å². The number of fused-ring (bicyclic) bond motifs is 1. The van der Waals surface area contributed by atoms with Crippen LogP contribution in [0, 0.1) is 0 Å². The minimum Gasteiger partial charge on any atom is -0.360 e. The first-order valence-electron chi connectivity index (χ1n) is 5.00. The number of nitrogens with two attached hydrogens (primary N) is 1. The van der Waals surface area contributed by atoms with Crippen LogP contribution in [0.15, 0.2) is 24.4 Å². The van der Waals surface area contributed by atoms with E-state index in [4.69, 9.17) is 17.3 Å². The third kappa shape index (κ3) is 2.33. The van der Waals surface area contributed by atoms with Crippen molar-refractivity contribution < 1.29 is 0 Å². The van der Waals surface area contributed by atoms with Gasteiger partial charge in [-0.05, 0) is 38.0 Å². The summed E-state index contributed by atoms with van der Waals surface area (Å²) in [4.78, 5) is 3.11. The van der Waals surface area contributed by atoms with E-state index in [1.807, 2.05) is 26.1 Å². The SMILES string of the molecule is CC(C)(N)Cc1ccc2[nH]cc(Cl)c2c1. The lowest BCUT2D eigenvalue weighted by Gasteiger charge is -2.18. The number of H-pyrrole nitrogens is 1. The molecule has 3 N–H and O–H groups in total. The van der Waals surface area contributed by atoms with E-state index in [0.717, 1.165) is 22.3 Å². The molecule has 0 spiro atoms. The average Bonchev–Trinajstić information content (AvgIpc) is 2.45. The highest BCUT2D eigenvalue weighted by Gasteiger charge is 2.12. The van der Waals surface area contributed by atoms with Gasteiger partial charge in [0, 0.05) is 22.6 Å². The molecule has 1 aromatic carbocycles. The molecule has 2 nitrogen and oxygen atoms in total. The smallest absolute Gasteiger partial charge is 0.0659 e. The largest absolute Gasteiger partial charge is 0.360 e. The van der Waals surface area contributed by atoms with Crippen LogP contribution in [0.5, 0.6) is 0 Å². The summed E-state index contributed by atoms with van der Waals surface area (Å²) in [5, 5.41) is 1.83. The summed E-state index contributed by atoms with van der Waals surface area (Å²) < 4.78 is 0. The van der Waals surface area contributed by atoms with Gasteiger partial charge in [0.1, 0.15) is 0 Å². The van der Waals surface area contributed by atoms with Crippen LogP contribution in [0.2, 0.25) is 5.02 Å². The Balaban J connectivity index is 2.42. The molecule has 0 aliphatic carbocycles. The summed E-state index contributed by atoms with van der Waals surface area (Å²) in [5.74, 6) is 0. The Morgan fingerprint density at radius 3 is 2.80 bits per heavy atom. The predicted octanol–water partition coefficient (Wildman–Crippen LogP) is 3.10. The normalized spacial score (nSPS) is 12.3. The molecule has 0 aliphatic heterocycles. The number of hydrogen-bond donors (Lipinski definition) is 2. The molecule has 80 valence electrons. The Morgan fingerprint density at radius 2 is 2.13 bits per heavy atom. The summed E-state index contributed by atoms with van der Waals surface area (Å²) in [7, 11) is 0. The lowest BCUT2D eigenvalue weighted by atomic mass is 9.96. The van der Waals surface area contributed by atoms with Crippen LogP contribution >= 0.6 is 11.6 Å². The fourth-order valence-electron chi connectivity index (χ4n) is 1.77. The topological polar surface area (TPSA) is 41.8 Å². The fourth-order valence-corrected chi connectivity index (χ4v) is 1.98. The molecule has 2 aromatic rings. The second-order valence-corrected chi connectivity index (χ2v) is 5.09. The van der Waals surface area contributed by atoms with Gasteiger partial charge in [-0.2, -0.15) is 0 Å². The molecule has 0 saturated carbocycles. The second kappa shape index (κ2) is 3.54. The second-order valence-electron chi connectivity index (χ2n) is 4.68. The number of nitrogens with one attached hydrogen (secondary N) is 1. The Morgan fingerprint density at radius 1 is 1.40 bits per heavy atom. The van der Waals surface area contributed by atoms with Crippen molar-refractivity contribution in [1.29, 1.82) is 0 Å². The Hall–Kier alpha value is -0.990. The van der Waals surface area contributed by atoms with Crippen LogP contribution in [-0.4, -0.2) is 10.5 Å². The number of aromatic nitrogens is 1. The van der Waals surface area contributed by atoms with Crippen molar-refractivity contribution in [2.75, 3.05) is 0 Å². The molecule has 0 saturated heterocycles. The molecule has 0 aliphatic rings. The van der Waals surface area contributed by atoms with E-state index in [1.54, 1.807) is 0 Å². The standard InChI is InChI=1S/C12H15ClN2/c1-12(2,14)6-8-3-4-11-9(5-8)10(13)7-15-11/h3-5,7,15H,6,14H2,1-2H3. The van der Waals surface area contributed by atoms with Gasteiger partial charge in [0.15, 0.2) is 0 Å². The van der Waals surface area contributed by atoms with Crippen molar-refractivity contribution in [3.05, 3.63) is 35.0 Å². The summed E-state index contributed by atoms with van der Waals surface area (Å²) in [6.07, 6.45) is 2.66. The zero-order valence-corrected chi connectivity index (χ0v) is 9.73. The van der Waals surface area contributed by atoms with Crippen LogP contribution < -0.4 is 5.73 Å². The molecule has 3 heteroatoms. The summed E-state index contributed by atoms with van der Waals surface area (Å²) >= 11 is 6.05. The number of aromatic amines is 1. The average molecular weight is 223 g/mol. The van der Waals surface area contributed by atoms with E-state index < -0.39 is 0 Å². The molecule has 0 unspecified atom stereocenters. The summed E-state index contributed by atoms with van der Waals surface area (Å²) in [6, 6.07) is 6.23. The molecule has 0 atom stereocenters. The molecule has 0 fully saturated rings. The quantitative estimate of drug-likeness (QED) is 0.806. The number of rotatable bonds is 2. The third-order valence-electron chi connectivity index (χ3n) is 2.36. The fraction of sp³-hybridized carbons (Fsp3) is 0.333. The van der Waals surface area contributed by atoms with Gasteiger partial charge < -0.3 is 10.7 Å². The van der Waals surface area contributed by atoms with Gasteiger partial charge in [0.2, 0.25) is 0 Å². The van der Waals surface area contributed by atoms with Gasteiger partial charge >= 0.3 is 0 Å². The number of benzene rings is 1. The van der Waals surface area contributed by atoms with Crippen LogP contribution in [0.25, 0.3) is 10.9 Å². The molecule has 1 heterocycles. The van der Waals surface area contributed by atoms with Gasteiger partial charge in [-0.15, -0.1) is 0 Å². The van der Waals surface area contributed by atoms with Crippen molar-refractivity contribution in [2.45, 2.75) is 25.8 Å². The lowest BCUT2D eigenvalue weighted by Crippen LogP contribution is -2.34. The van der Waals surface area contributed by atoms with Crippen molar-refractivity contribution in [1.82, 2.24) is 4.98 Å². The van der Waals surface area contributed by atoms with Crippen molar-refractivity contribution in [3.63, 3.8) is 0 Å². The molecule has 0 amide bonds. The van der Waals surface area contributed by atoms with Crippen molar-refractivity contribution in [3.8, 4) is 0 Å². The minimum absolute atomic E-state index is 0.184. The zero-order chi connectivity index (χ0) is 11.1. The van der Waals surface area contributed by atoms with E-state index in [1.165, 1.54) is 5.56 Å². The maximum atomic E-state index is 6.05. The number of hydrogen-bond acceptors (Lipinski definition) is 1. The van der Waals surface area contributed by atoms with Gasteiger partial charge in [0.05, 0.1) is 5.02 Å². The van der Waals surface area contributed by atoms with Gasteiger partial charge in [0.25, 0.3) is 0 Å². The third-order valence-corrected chi connectivity index (χ3v) is 2.67. The van der Waals surface area contributed by atoms with E-state index in [2.05, 4.69) is 17.1 Å². The zero-order valence-electron chi connectivity index (χ0n) is 8.97. The highest BCUT2D eigenvalue weighted by molar-refractivity contribution is 6.35. The van der Waals surface area contributed by atoms with Crippen molar-refractivity contribution >= 4 is 22.5 Å². The van der Waals surface area contributed by atoms with E-state index in [-0.39, 0.29) is 5.54 Å². The van der Waals surface area contributed by atoms with Crippen molar-refractivity contribution in [2.24, 2.45) is 5.73 Å². The highest BCUT2D eigenvalue weighted by Crippen LogP contribution is 2.24. The van der Waals surface area contributed by atoms with Gasteiger partial charge in [-0.1, -0.05) is 17.7 Å². The molecule has 0 bridgehead atoms.